The number of carbonyl (C=O) groups excluding carboxylic acids is 1. The van der Waals surface area contributed by atoms with Crippen LogP contribution in [0, 0.1) is 0 Å². The number of benzene rings is 1. The van der Waals surface area contributed by atoms with Crippen LogP contribution < -0.4 is 0 Å². The number of nitrogens with zero attached hydrogens (tertiary/aromatic N) is 3. The van der Waals surface area contributed by atoms with Crippen molar-refractivity contribution in [3.8, 4) is 5.69 Å². The summed E-state index contributed by atoms with van der Waals surface area (Å²) in [6, 6.07) is 9.16. The lowest BCUT2D eigenvalue weighted by atomic mass is 9.91. The fourth-order valence-corrected chi connectivity index (χ4v) is 3.04. The van der Waals surface area contributed by atoms with Crippen molar-refractivity contribution in [1.82, 2.24) is 14.7 Å². The largest absolute Gasteiger partial charge is 0.479 e. The molecule has 2 heterocycles. The molecule has 0 unspecified atom stereocenters. The number of aliphatic carboxylic acids is 1. The van der Waals surface area contributed by atoms with Gasteiger partial charge in [-0.25, -0.2) is 9.48 Å². The van der Waals surface area contributed by atoms with Gasteiger partial charge in [-0.1, -0.05) is 22.0 Å². The minimum absolute atomic E-state index is 0.0143. The van der Waals surface area contributed by atoms with Crippen LogP contribution in [0.4, 0.5) is 0 Å². The maximum atomic E-state index is 12.5. The molecule has 0 aliphatic carbocycles. The second kappa shape index (κ2) is 6.37. The van der Waals surface area contributed by atoms with Gasteiger partial charge in [0.15, 0.2) is 11.3 Å². The zero-order chi connectivity index (χ0) is 17.3. The van der Waals surface area contributed by atoms with Gasteiger partial charge in [-0.15, -0.1) is 0 Å². The topological polar surface area (TPSA) is 95.7 Å². The number of aliphatic hydroxyl groups is 1. The smallest absolute Gasteiger partial charge is 0.335 e. The van der Waals surface area contributed by atoms with Gasteiger partial charge in [0.05, 0.1) is 5.69 Å². The number of piperidine rings is 1. The van der Waals surface area contributed by atoms with Gasteiger partial charge in [0, 0.05) is 36.6 Å². The summed E-state index contributed by atoms with van der Waals surface area (Å²) >= 11 is 3.39. The number of carboxylic acids is 1. The van der Waals surface area contributed by atoms with Crippen LogP contribution in [0.2, 0.25) is 0 Å². The molecule has 1 aliphatic rings. The van der Waals surface area contributed by atoms with Gasteiger partial charge in [-0.2, -0.15) is 5.10 Å². The lowest BCUT2D eigenvalue weighted by Crippen LogP contribution is -2.50. The summed E-state index contributed by atoms with van der Waals surface area (Å²) in [7, 11) is 0. The number of aromatic nitrogens is 2. The predicted molar refractivity (Wildman–Crippen MR) is 89.0 cm³/mol. The van der Waals surface area contributed by atoms with E-state index in [2.05, 4.69) is 21.0 Å². The Bertz CT molecular complexity index is 781. The van der Waals surface area contributed by atoms with E-state index in [1.165, 1.54) is 4.90 Å². The summed E-state index contributed by atoms with van der Waals surface area (Å²) < 4.78 is 2.52. The summed E-state index contributed by atoms with van der Waals surface area (Å²) in [5.41, 5.74) is -0.634. The van der Waals surface area contributed by atoms with E-state index >= 15 is 0 Å². The van der Waals surface area contributed by atoms with Crippen LogP contribution >= 0.6 is 15.9 Å². The summed E-state index contributed by atoms with van der Waals surface area (Å²) in [4.78, 5) is 25.1. The number of rotatable bonds is 3. The maximum absolute atomic E-state index is 12.5. The van der Waals surface area contributed by atoms with Crippen molar-refractivity contribution in [2.24, 2.45) is 0 Å². The van der Waals surface area contributed by atoms with E-state index in [0.29, 0.717) is 0 Å². The second-order valence-corrected chi connectivity index (χ2v) is 6.67. The molecule has 1 saturated heterocycles. The molecule has 1 aromatic carbocycles. The Morgan fingerprint density at radius 3 is 2.54 bits per heavy atom. The fraction of sp³-hybridized carbons (Fsp3) is 0.312. The minimum Gasteiger partial charge on any atom is -0.479 e. The SMILES string of the molecule is O=C(c1ccn(-c2cccc(Br)c2)n1)N1CCC(O)(C(=O)O)CC1. The standard InChI is InChI=1S/C16H16BrN3O4/c17-11-2-1-3-12(10-11)20-7-4-13(18-20)14(21)19-8-5-16(24,6-9-19)15(22)23/h1-4,7,10,24H,5-6,8-9H2,(H,22,23). The summed E-state index contributed by atoms with van der Waals surface area (Å²) in [5.74, 6) is -1.51. The molecule has 1 aliphatic heterocycles. The highest BCUT2D eigenvalue weighted by atomic mass is 79.9. The van der Waals surface area contributed by atoms with Crippen molar-refractivity contribution in [1.29, 1.82) is 0 Å². The highest BCUT2D eigenvalue weighted by molar-refractivity contribution is 9.10. The number of amides is 1. The van der Waals surface area contributed by atoms with E-state index < -0.39 is 11.6 Å². The Morgan fingerprint density at radius 2 is 1.92 bits per heavy atom. The molecule has 2 aromatic rings. The number of likely N-dealkylation sites (tertiary alicyclic amines) is 1. The Balaban J connectivity index is 1.72. The third kappa shape index (κ3) is 3.20. The first kappa shape index (κ1) is 16.7. The zero-order valence-corrected chi connectivity index (χ0v) is 14.3. The van der Waals surface area contributed by atoms with Gasteiger partial charge < -0.3 is 15.1 Å². The molecule has 7 nitrogen and oxygen atoms in total. The summed E-state index contributed by atoms with van der Waals surface area (Å²) in [6.07, 6.45) is 1.73. The molecular weight excluding hydrogens is 378 g/mol. The molecule has 0 bridgehead atoms. The average molecular weight is 394 g/mol. The highest BCUT2D eigenvalue weighted by Gasteiger charge is 2.40. The van der Waals surface area contributed by atoms with E-state index in [1.807, 2.05) is 24.3 Å². The van der Waals surface area contributed by atoms with Crippen LogP contribution in [-0.4, -0.2) is 55.5 Å². The van der Waals surface area contributed by atoms with Gasteiger partial charge in [0.2, 0.25) is 0 Å². The quantitative estimate of drug-likeness (QED) is 0.826. The van der Waals surface area contributed by atoms with E-state index in [4.69, 9.17) is 5.11 Å². The molecule has 3 rings (SSSR count). The van der Waals surface area contributed by atoms with Gasteiger partial charge >= 0.3 is 5.97 Å². The van der Waals surface area contributed by atoms with Crippen molar-refractivity contribution < 1.29 is 19.8 Å². The fourth-order valence-electron chi connectivity index (χ4n) is 2.66. The van der Waals surface area contributed by atoms with Crippen LogP contribution in [0.5, 0.6) is 0 Å². The first-order valence-electron chi connectivity index (χ1n) is 7.46. The van der Waals surface area contributed by atoms with E-state index in [0.717, 1.165) is 10.2 Å². The summed E-state index contributed by atoms with van der Waals surface area (Å²) in [5, 5.41) is 23.2. The van der Waals surface area contributed by atoms with E-state index in [1.54, 1.807) is 16.9 Å². The lowest BCUT2D eigenvalue weighted by Gasteiger charge is -2.34. The lowest BCUT2D eigenvalue weighted by molar-refractivity contribution is -0.162. The first-order chi connectivity index (χ1) is 11.4. The molecule has 1 amide bonds. The maximum Gasteiger partial charge on any atom is 0.335 e. The van der Waals surface area contributed by atoms with Crippen LogP contribution in [0.25, 0.3) is 5.69 Å². The Hall–Kier alpha value is -2.19. The van der Waals surface area contributed by atoms with Crippen molar-refractivity contribution in [3.63, 3.8) is 0 Å². The zero-order valence-electron chi connectivity index (χ0n) is 12.7. The molecule has 1 fully saturated rings. The second-order valence-electron chi connectivity index (χ2n) is 5.75. The molecule has 126 valence electrons. The molecule has 2 N–H and O–H groups in total. The van der Waals surface area contributed by atoms with Crippen LogP contribution in [-0.2, 0) is 4.79 Å². The van der Waals surface area contributed by atoms with Gasteiger partial charge in [-0.3, -0.25) is 4.79 Å². The van der Waals surface area contributed by atoms with E-state index in [-0.39, 0.29) is 37.5 Å². The molecule has 24 heavy (non-hydrogen) atoms. The van der Waals surface area contributed by atoms with Crippen molar-refractivity contribution >= 4 is 27.8 Å². The molecular formula is C16H16BrN3O4. The van der Waals surface area contributed by atoms with E-state index in [9.17, 15) is 14.7 Å². The van der Waals surface area contributed by atoms with Crippen LogP contribution in [0.3, 0.4) is 0 Å². The minimum atomic E-state index is -1.74. The molecule has 0 radical (unpaired) electrons. The number of hydrogen-bond acceptors (Lipinski definition) is 4. The van der Waals surface area contributed by atoms with Crippen molar-refractivity contribution in [2.45, 2.75) is 18.4 Å². The van der Waals surface area contributed by atoms with Crippen LogP contribution in [0.1, 0.15) is 23.3 Å². The normalized spacial score (nSPS) is 16.8. The van der Waals surface area contributed by atoms with Crippen LogP contribution in [0.15, 0.2) is 41.0 Å². The van der Waals surface area contributed by atoms with Crippen molar-refractivity contribution in [3.05, 3.63) is 46.7 Å². The Morgan fingerprint density at radius 1 is 1.21 bits per heavy atom. The molecule has 8 heteroatoms. The first-order valence-corrected chi connectivity index (χ1v) is 8.25. The molecule has 0 atom stereocenters. The predicted octanol–water partition coefficient (Wildman–Crippen LogP) is 1.69. The third-order valence-electron chi connectivity index (χ3n) is 4.16. The molecule has 0 spiro atoms. The monoisotopic (exact) mass is 393 g/mol. The molecule has 0 saturated carbocycles. The Labute approximate surface area is 146 Å². The molecule has 1 aromatic heterocycles. The Kier molecular flexibility index (Phi) is 4.42. The number of hydrogen-bond donors (Lipinski definition) is 2. The van der Waals surface area contributed by atoms with Crippen molar-refractivity contribution in [2.75, 3.05) is 13.1 Å². The average Bonchev–Trinajstić information content (AvgIpc) is 3.05. The summed E-state index contributed by atoms with van der Waals surface area (Å²) in [6.45, 7) is 0.372. The highest BCUT2D eigenvalue weighted by Crippen LogP contribution is 2.23. The van der Waals surface area contributed by atoms with Gasteiger partial charge in [0.1, 0.15) is 0 Å². The van der Waals surface area contributed by atoms with Gasteiger partial charge in [0.25, 0.3) is 5.91 Å². The third-order valence-corrected chi connectivity index (χ3v) is 4.65. The number of carbonyl (C=O) groups is 2. The van der Waals surface area contributed by atoms with Gasteiger partial charge in [-0.05, 0) is 24.3 Å². The number of carboxylic acid groups (broad SMARTS) is 1. The number of halogens is 1.